The second-order valence-electron chi connectivity index (χ2n) is 5.89. The molecule has 4 nitrogen and oxygen atoms in total. The number of aromatic nitrogens is 2. The molecule has 2 fully saturated rings. The lowest BCUT2D eigenvalue weighted by atomic mass is 10.1. The molecule has 2 aliphatic rings. The number of aromatic amines is 1. The Morgan fingerprint density at radius 3 is 2.89 bits per heavy atom. The molecule has 1 heterocycles. The van der Waals surface area contributed by atoms with Crippen LogP contribution in [0.25, 0.3) is 0 Å². The number of hydrogen-bond acceptors (Lipinski definition) is 3. The van der Waals surface area contributed by atoms with Gasteiger partial charge in [-0.25, -0.2) is 4.98 Å². The first-order chi connectivity index (χ1) is 8.70. The largest absolute Gasteiger partial charge is 0.310 e. The zero-order valence-electron chi connectivity index (χ0n) is 10.9. The van der Waals surface area contributed by atoms with Gasteiger partial charge in [-0.1, -0.05) is 6.92 Å². The van der Waals surface area contributed by atoms with E-state index in [-0.39, 0.29) is 5.56 Å². The molecular formula is C14H21N3O. The molecule has 4 heteroatoms. The molecule has 2 saturated carbocycles. The lowest BCUT2D eigenvalue weighted by Crippen LogP contribution is -2.21. The van der Waals surface area contributed by atoms with Gasteiger partial charge < -0.3 is 10.3 Å². The van der Waals surface area contributed by atoms with E-state index in [2.05, 4.69) is 22.2 Å². The van der Waals surface area contributed by atoms with Gasteiger partial charge in [-0.2, -0.15) is 0 Å². The van der Waals surface area contributed by atoms with Crippen molar-refractivity contribution in [2.75, 3.05) is 0 Å². The predicted octanol–water partition coefficient (Wildman–Crippen LogP) is 1.93. The minimum absolute atomic E-state index is 0.00727. The van der Waals surface area contributed by atoms with E-state index in [1.54, 1.807) is 6.07 Å². The van der Waals surface area contributed by atoms with Crippen molar-refractivity contribution >= 4 is 0 Å². The highest BCUT2D eigenvalue weighted by molar-refractivity contribution is 5.08. The van der Waals surface area contributed by atoms with Gasteiger partial charge in [0, 0.05) is 24.6 Å². The van der Waals surface area contributed by atoms with Crippen LogP contribution < -0.4 is 10.9 Å². The first-order valence-corrected chi connectivity index (χ1v) is 7.04. The van der Waals surface area contributed by atoms with Crippen molar-refractivity contribution in [3.05, 3.63) is 27.9 Å². The van der Waals surface area contributed by atoms with Crippen LogP contribution in [0.3, 0.4) is 0 Å². The van der Waals surface area contributed by atoms with Crippen LogP contribution in [0.2, 0.25) is 0 Å². The first kappa shape index (κ1) is 11.9. The van der Waals surface area contributed by atoms with Crippen LogP contribution in [0.15, 0.2) is 10.9 Å². The van der Waals surface area contributed by atoms with Crippen LogP contribution in [-0.4, -0.2) is 16.0 Å². The topological polar surface area (TPSA) is 57.8 Å². The van der Waals surface area contributed by atoms with Crippen LogP contribution in [-0.2, 0) is 6.54 Å². The van der Waals surface area contributed by atoms with Gasteiger partial charge in [0.05, 0.1) is 5.69 Å². The van der Waals surface area contributed by atoms with Crippen molar-refractivity contribution in [2.24, 2.45) is 5.92 Å². The zero-order chi connectivity index (χ0) is 12.5. The Kier molecular flexibility index (Phi) is 3.20. The van der Waals surface area contributed by atoms with Crippen molar-refractivity contribution in [1.82, 2.24) is 15.3 Å². The fourth-order valence-corrected chi connectivity index (χ4v) is 2.80. The second-order valence-corrected chi connectivity index (χ2v) is 5.89. The Labute approximate surface area is 107 Å². The highest BCUT2D eigenvalue weighted by Gasteiger charge is 2.25. The van der Waals surface area contributed by atoms with Gasteiger partial charge in [0.25, 0.3) is 5.56 Å². The van der Waals surface area contributed by atoms with Gasteiger partial charge >= 0.3 is 0 Å². The van der Waals surface area contributed by atoms with Crippen LogP contribution >= 0.6 is 0 Å². The minimum atomic E-state index is -0.00727. The number of nitrogens with one attached hydrogen (secondary N) is 2. The fourth-order valence-electron chi connectivity index (χ4n) is 2.80. The van der Waals surface area contributed by atoms with E-state index in [4.69, 9.17) is 0 Å². The van der Waals surface area contributed by atoms with E-state index in [1.807, 2.05) is 0 Å². The lowest BCUT2D eigenvalue weighted by Gasteiger charge is -2.10. The Bertz CT molecular complexity index is 478. The molecule has 0 amide bonds. The molecule has 3 rings (SSSR count). The van der Waals surface area contributed by atoms with Crippen LogP contribution in [0.1, 0.15) is 56.5 Å². The van der Waals surface area contributed by atoms with Gasteiger partial charge in [-0.05, 0) is 38.0 Å². The van der Waals surface area contributed by atoms with E-state index < -0.39 is 0 Å². The number of nitrogens with zero attached hydrogens (tertiary/aromatic N) is 1. The Hall–Kier alpha value is -1.16. The molecule has 0 saturated heterocycles. The van der Waals surface area contributed by atoms with Crippen LogP contribution in [0, 0.1) is 5.92 Å². The first-order valence-electron chi connectivity index (χ1n) is 7.04. The van der Waals surface area contributed by atoms with Crippen molar-refractivity contribution in [3.8, 4) is 0 Å². The summed E-state index contributed by atoms with van der Waals surface area (Å²) in [6.45, 7) is 3.00. The Morgan fingerprint density at radius 1 is 1.39 bits per heavy atom. The molecule has 1 aromatic rings. The highest BCUT2D eigenvalue weighted by Crippen LogP contribution is 2.35. The number of rotatable bonds is 4. The Morgan fingerprint density at radius 2 is 2.22 bits per heavy atom. The van der Waals surface area contributed by atoms with Crippen LogP contribution in [0.5, 0.6) is 0 Å². The normalized spacial score (nSPS) is 27.6. The van der Waals surface area contributed by atoms with Gasteiger partial charge in [-0.3, -0.25) is 4.79 Å². The fraction of sp³-hybridized carbons (Fsp3) is 0.714. The van der Waals surface area contributed by atoms with Crippen molar-refractivity contribution in [2.45, 2.75) is 57.5 Å². The summed E-state index contributed by atoms with van der Waals surface area (Å²) in [6.07, 6.45) is 6.08. The predicted molar refractivity (Wildman–Crippen MR) is 70.5 cm³/mol. The average Bonchev–Trinajstić information content (AvgIpc) is 3.07. The summed E-state index contributed by atoms with van der Waals surface area (Å²) in [5, 5.41) is 3.41. The molecule has 0 radical (unpaired) electrons. The summed E-state index contributed by atoms with van der Waals surface area (Å²) < 4.78 is 0. The summed E-state index contributed by atoms with van der Waals surface area (Å²) in [4.78, 5) is 19.2. The summed E-state index contributed by atoms with van der Waals surface area (Å²) in [5.41, 5.74) is 0.882. The summed E-state index contributed by atoms with van der Waals surface area (Å²) in [5.74, 6) is 2.11. The third-order valence-corrected chi connectivity index (χ3v) is 4.04. The molecule has 2 unspecified atom stereocenters. The maximum Gasteiger partial charge on any atom is 0.251 e. The van der Waals surface area contributed by atoms with Gasteiger partial charge in [0.15, 0.2) is 0 Å². The molecule has 0 bridgehead atoms. The van der Waals surface area contributed by atoms with Crippen molar-refractivity contribution in [3.63, 3.8) is 0 Å². The molecule has 1 aromatic heterocycles. The maximum absolute atomic E-state index is 11.7. The molecular weight excluding hydrogens is 226 g/mol. The van der Waals surface area contributed by atoms with E-state index in [1.165, 1.54) is 19.3 Å². The molecule has 98 valence electrons. The van der Waals surface area contributed by atoms with Gasteiger partial charge in [0.1, 0.15) is 5.82 Å². The molecule has 0 spiro atoms. The summed E-state index contributed by atoms with van der Waals surface area (Å²) >= 11 is 0. The number of hydrogen-bond donors (Lipinski definition) is 2. The summed E-state index contributed by atoms with van der Waals surface area (Å²) in [6, 6.07) is 2.28. The van der Waals surface area contributed by atoms with Crippen molar-refractivity contribution in [1.29, 1.82) is 0 Å². The maximum atomic E-state index is 11.7. The number of H-pyrrole nitrogens is 1. The SMILES string of the molecule is CC1CCC(c2nc(CNC3CC3)cc(=O)[nH]2)C1. The second kappa shape index (κ2) is 4.84. The van der Waals surface area contributed by atoms with Crippen molar-refractivity contribution < 1.29 is 0 Å². The van der Waals surface area contributed by atoms with E-state index in [9.17, 15) is 4.79 Å². The molecule has 2 atom stereocenters. The third-order valence-electron chi connectivity index (χ3n) is 4.04. The Balaban J connectivity index is 1.74. The molecule has 18 heavy (non-hydrogen) atoms. The summed E-state index contributed by atoms with van der Waals surface area (Å²) in [7, 11) is 0. The molecule has 2 N–H and O–H groups in total. The van der Waals surface area contributed by atoms with E-state index in [0.717, 1.165) is 36.8 Å². The lowest BCUT2D eigenvalue weighted by molar-refractivity contribution is 0.579. The smallest absolute Gasteiger partial charge is 0.251 e. The monoisotopic (exact) mass is 247 g/mol. The average molecular weight is 247 g/mol. The quantitative estimate of drug-likeness (QED) is 0.854. The zero-order valence-corrected chi connectivity index (χ0v) is 10.9. The van der Waals surface area contributed by atoms with E-state index in [0.29, 0.717) is 12.0 Å². The van der Waals surface area contributed by atoms with Crippen LogP contribution in [0.4, 0.5) is 0 Å². The third kappa shape index (κ3) is 2.80. The van der Waals surface area contributed by atoms with Gasteiger partial charge in [-0.15, -0.1) is 0 Å². The molecule has 0 aliphatic heterocycles. The van der Waals surface area contributed by atoms with E-state index >= 15 is 0 Å². The minimum Gasteiger partial charge on any atom is -0.310 e. The highest BCUT2D eigenvalue weighted by atomic mass is 16.1. The van der Waals surface area contributed by atoms with Gasteiger partial charge in [0.2, 0.25) is 0 Å². The standard InChI is InChI=1S/C14H21N3O/c1-9-2-3-10(6-9)14-16-12(7-13(18)17-14)8-15-11-4-5-11/h7,9-11,15H,2-6,8H2,1H3,(H,16,17,18). The molecule has 0 aromatic carbocycles. The molecule has 2 aliphatic carbocycles.